The second-order valence-corrected chi connectivity index (χ2v) is 4.14. The molecule has 1 rings (SSSR count). The molecule has 0 aliphatic rings. The molecule has 8 nitrogen and oxygen atoms in total. The lowest BCUT2D eigenvalue weighted by atomic mass is 10.2. The van der Waals surface area contributed by atoms with Crippen LogP contribution in [-0.2, 0) is 27.2 Å². The summed E-state index contributed by atoms with van der Waals surface area (Å²) in [6, 6.07) is 0. The van der Waals surface area contributed by atoms with Crippen LogP contribution in [0.2, 0.25) is 0 Å². The molecule has 0 bridgehead atoms. The minimum atomic E-state index is -0.480. The van der Waals surface area contributed by atoms with Gasteiger partial charge >= 0.3 is 5.97 Å². The highest BCUT2D eigenvalue weighted by Crippen LogP contribution is 2.08. The first-order valence-corrected chi connectivity index (χ1v) is 7.10. The number of nitrogens with zero attached hydrogens (tertiary/aromatic N) is 3. The molecular formula is C13H23N3O5. The van der Waals surface area contributed by atoms with Gasteiger partial charge in [-0.25, -0.2) is 9.48 Å². The predicted molar refractivity (Wildman–Crippen MR) is 74.1 cm³/mol. The van der Waals surface area contributed by atoms with Crippen LogP contribution < -0.4 is 0 Å². The van der Waals surface area contributed by atoms with Crippen molar-refractivity contribution in [1.29, 1.82) is 0 Å². The van der Waals surface area contributed by atoms with Crippen molar-refractivity contribution in [1.82, 2.24) is 15.0 Å². The zero-order chi connectivity index (χ0) is 15.5. The molecule has 21 heavy (non-hydrogen) atoms. The number of aryl methyl sites for hydroxylation is 1. The first kappa shape index (κ1) is 17.5. The van der Waals surface area contributed by atoms with Gasteiger partial charge in [-0.1, -0.05) is 12.1 Å². The molecule has 0 atom stereocenters. The lowest BCUT2D eigenvalue weighted by Gasteiger charge is -2.06. The number of aromatic nitrogens is 3. The lowest BCUT2D eigenvalue weighted by molar-refractivity contribution is 0.00888. The van der Waals surface area contributed by atoms with Crippen LogP contribution in [0.3, 0.4) is 0 Å². The topological polar surface area (TPSA) is 95.7 Å². The average molecular weight is 301 g/mol. The fraction of sp³-hybridized carbons (Fsp3) is 0.769. The smallest absolute Gasteiger partial charge is 0.360 e. The van der Waals surface area contributed by atoms with Crippen molar-refractivity contribution < 1.29 is 24.1 Å². The van der Waals surface area contributed by atoms with Crippen molar-refractivity contribution in [3.05, 3.63) is 11.4 Å². The van der Waals surface area contributed by atoms with Crippen LogP contribution in [-0.4, -0.2) is 65.7 Å². The molecular weight excluding hydrogens is 278 g/mol. The van der Waals surface area contributed by atoms with Gasteiger partial charge in [-0.15, -0.1) is 5.10 Å². The Kier molecular flexibility index (Phi) is 8.56. The summed E-state index contributed by atoms with van der Waals surface area (Å²) in [7, 11) is 0. The summed E-state index contributed by atoms with van der Waals surface area (Å²) >= 11 is 0. The number of carbonyl (C=O) groups is 1. The molecule has 0 unspecified atom stereocenters. The van der Waals surface area contributed by atoms with Crippen LogP contribution in [0.1, 0.15) is 30.0 Å². The van der Waals surface area contributed by atoms with E-state index in [0.29, 0.717) is 32.8 Å². The molecule has 1 aromatic heterocycles. The normalized spacial score (nSPS) is 10.8. The van der Waals surface area contributed by atoms with Crippen molar-refractivity contribution in [3.8, 4) is 0 Å². The van der Waals surface area contributed by atoms with Crippen molar-refractivity contribution >= 4 is 5.97 Å². The van der Waals surface area contributed by atoms with Crippen molar-refractivity contribution in [3.63, 3.8) is 0 Å². The van der Waals surface area contributed by atoms with Gasteiger partial charge in [-0.3, -0.25) is 0 Å². The quantitative estimate of drug-likeness (QED) is 0.455. The first-order chi connectivity index (χ1) is 10.2. The van der Waals surface area contributed by atoms with E-state index in [-0.39, 0.29) is 25.5 Å². The Labute approximate surface area is 124 Å². The largest absolute Gasteiger partial charge is 0.458 e. The number of carbonyl (C=O) groups excluding carboxylic acids is 1. The van der Waals surface area contributed by atoms with E-state index < -0.39 is 5.97 Å². The van der Waals surface area contributed by atoms with Crippen LogP contribution in [0.25, 0.3) is 0 Å². The van der Waals surface area contributed by atoms with E-state index in [1.165, 1.54) is 0 Å². The Bertz CT molecular complexity index is 422. The third-order valence-corrected chi connectivity index (χ3v) is 2.73. The maximum atomic E-state index is 11.9. The van der Waals surface area contributed by atoms with Gasteiger partial charge < -0.3 is 19.3 Å². The van der Waals surface area contributed by atoms with E-state index in [9.17, 15) is 4.79 Å². The van der Waals surface area contributed by atoms with E-state index in [2.05, 4.69) is 10.3 Å². The molecule has 120 valence electrons. The summed E-state index contributed by atoms with van der Waals surface area (Å²) in [6.07, 6.45) is 0.671. The zero-order valence-corrected chi connectivity index (χ0v) is 12.6. The molecule has 0 saturated carbocycles. The molecule has 0 radical (unpaired) electrons. The minimum absolute atomic E-state index is 0.00415. The summed E-state index contributed by atoms with van der Waals surface area (Å²) < 4.78 is 17.0. The number of aliphatic hydroxyl groups excluding tert-OH is 1. The maximum absolute atomic E-state index is 11.9. The fourth-order valence-electron chi connectivity index (χ4n) is 1.74. The van der Waals surface area contributed by atoms with Crippen molar-refractivity contribution in [2.45, 2.75) is 26.8 Å². The second-order valence-electron chi connectivity index (χ2n) is 4.14. The van der Waals surface area contributed by atoms with Gasteiger partial charge in [-0.2, -0.15) is 0 Å². The van der Waals surface area contributed by atoms with E-state index in [4.69, 9.17) is 19.3 Å². The summed E-state index contributed by atoms with van der Waals surface area (Å²) in [5.41, 5.74) is 1.05. The number of ether oxygens (including phenoxy) is 3. The van der Waals surface area contributed by atoms with E-state index >= 15 is 0 Å². The monoisotopic (exact) mass is 301 g/mol. The van der Waals surface area contributed by atoms with Crippen LogP contribution in [0.15, 0.2) is 0 Å². The molecule has 8 heteroatoms. The van der Waals surface area contributed by atoms with Gasteiger partial charge in [0.25, 0.3) is 0 Å². The van der Waals surface area contributed by atoms with Crippen LogP contribution in [0, 0.1) is 0 Å². The molecule has 0 fully saturated rings. The number of aliphatic hydroxyl groups is 1. The number of esters is 1. The molecule has 1 N–H and O–H groups in total. The zero-order valence-electron chi connectivity index (χ0n) is 12.6. The molecule has 1 aromatic rings. The summed E-state index contributed by atoms with van der Waals surface area (Å²) in [5.74, 6) is -0.480. The lowest BCUT2D eigenvalue weighted by Crippen LogP contribution is -2.15. The van der Waals surface area contributed by atoms with Gasteiger partial charge in [0.05, 0.1) is 38.7 Å². The Morgan fingerprint density at radius 3 is 2.43 bits per heavy atom. The molecule has 0 aliphatic carbocycles. The molecule has 1 heterocycles. The number of hydrogen-bond acceptors (Lipinski definition) is 7. The SMILES string of the molecule is CCc1c(C(=O)OCCOCCOCCO)nnn1CC. The molecule has 0 aromatic carbocycles. The third kappa shape index (κ3) is 5.78. The Balaban J connectivity index is 2.23. The third-order valence-electron chi connectivity index (χ3n) is 2.73. The van der Waals surface area contributed by atoms with Crippen molar-refractivity contribution in [2.75, 3.05) is 39.6 Å². The van der Waals surface area contributed by atoms with Gasteiger partial charge in [0.15, 0.2) is 5.69 Å². The highest BCUT2D eigenvalue weighted by atomic mass is 16.6. The number of rotatable bonds is 11. The van der Waals surface area contributed by atoms with E-state index in [0.717, 1.165) is 5.69 Å². The van der Waals surface area contributed by atoms with Gasteiger partial charge in [0.2, 0.25) is 0 Å². The standard InChI is InChI=1S/C13H23N3O5/c1-3-11-12(14-15-16(11)4-2)13(18)21-10-9-20-8-7-19-6-5-17/h17H,3-10H2,1-2H3. The van der Waals surface area contributed by atoms with Gasteiger partial charge in [-0.05, 0) is 13.3 Å². The maximum Gasteiger partial charge on any atom is 0.360 e. The molecule has 0 amide bonds. The molecule has 0 saturated heterocycles. The van der Waals surface area contributed by atoms with E-state index in [1.54, 1.807) is 4.68 Å². The predicted octanol–water partition coefficient (Wildman–Crippen LogP) is 0.0427. The Morgan fingerprint density at radius 1 is 1.14 bits per heavy atom. The van der Waals surface area contributed by atoms with Crippen LogP contribution in [0.4, 0.5) is 0 Å². The van der Waals surface area contributed by atoms with Crippen LogP contribution >= 0.6 is 0 Å². The molecule has 0 spiro atoms. The van der Waals surface area contributed by atoms with Crippen LogP contribution in [0.5, 0.6) is 0 Å². The summed E-state index contributed by atoms with van der Waals surface area (Å²) in [5, 5.41) is 16.3. The molecule has 0 aliphatic heterocycles. The van der Waals surface area contributed by atoms with Gasteiger partial charge in [0.1, 0.15) is 6.61 Å². The minimum Gasteiger partial charge on any atom is -0.458 e. The second kappa shape index (κ2) is 10.3. The fourth-order valence-corrected chi connectivity index (χ4v) is 1.74. The number of hydrogen-bond donors (Lipinski definition) is 1. The summed E-state index contributed by atoms with van der Waals surface area (Å²) in [6.45, 7) is 6.08. The summed E-state index contributed by atoms with van der Waals surface area (Å²) in [4.78, 5) is 11.9. The first-order valence-electron chi connectivity index (χ1n) is 7.10. The van der Waals surface area contributed by atoms with Gasteiger partial charge in [0, 0.05) is 6.54 Å². The Morgan fingerprint density at radius 2 is 1.81 bits per heavy atom. The average Bonchev–Trinajstić information content (AvgIpc) is 2.92. The Hall–Kier alpha value is -1.51. The highest BCUT2D eigenvalue weighted by Gasteiger charge is 2.18. The highest BCUT2D eigenvalue weighted by molar-refractivity contribution is 5.88. The van der Waals surface area contributed by atoms with Crippen molar-refractivity contribution in [2.24, 2.45) is 0 Å². The van der Waals surface area contributed by atoms with E-state index in [1.807, 2.05) is 13.8 Å².